The quantitative estimate of drug-likeness (QED) is 0.167. The lowest BCUT2D eigenvalue weighted by Crippen LogP contribution is -2.61. The summed E-state index contributed by atoms with van der Waals surface area (Å²) in [6, 6.07) is 68.9. The van der Waals surface area contributed by atoms with Crippen LogP contribution < -0.4 is 26.2 Å². The van der Waals surface area contributed by atoms with Gasteiger partial charge in [0.25, 0.3) is 6.71 Å². The SMILES string of the molecule is Cc1cc2c(N3c4cc5ccccc5cc4B4c5cc6ccccc6cc5N(c5c(-c6ccccc6)ccc6oc(C)cc56)c5cccc3c54)c(-c3ccccc3)ccc2o1. The number of anilines is 6. The molecule has 0 saturated carbocycles. The normalized spacial score (nSPS) is 13.0. The number of fused-ring (bicyclic) bond motifs is 8. The van der Waals surface area contributed by atoms with Crippen molar-refractivity contribution in [2.24, 2.45) is 0 Å². The summed E-state index contributed by atoms with van der Waals surface area (Å²) < 4.78 is 12.9. The van der Waals surface area contributed by atoms with Gasteiger partial charge in [0.05, 0.1) is 11.4 Å². The number of furan rings is 2. The molecular formula is C56H37BN2O2. The highest BCUT2D eigenvalue weighted by molar-refractivity contribution is 7.00. The molecule has 0 amide bonds. The first-order valence-corrected chi connectivity index (χ1v) is 21.0. The van der Waals surface area contributed by atoms with E-state index in [9.17, 15) is 0 Å². The maximum atomic E-state index is 6.43. The van der Waals surface area contributed by atoms with Crippen LogP contribution in [0.1, 0.15) is 11.5 Å². The Labute approximate surface area is 353 Å². The Bertz CT molecular complexity index is 3350. The molecule has 0 unspecified atom stereocenters. The van der Waals surface area contributed by atoms with E-state index in [0.717, 1.165) is 78.5 Å². The van der Waals surface area contributed by atoms with Gasteiger partial charge in [-0.15, -0.1) is 0 Å². The molecule has 0 bridgehead atoms. The van der Waals surface area contributed by atoms with Gasteiger partial charge in [-0.25, -0.2) is 0 Å². The largest absolute Gasteiger partial charge is 0.461 e. The van der Waals surface area contributed by atoms with E-state index in [0.29, 0.717) is 0 Å². The lowest BCUT2D eigenvalue weighted by atomic mass is 9.33. The predicted octanol–water partition coefficient (Wildman–Crippen LogP) is 13.5. The Hall–Kier alpha value is -7.76. The van der Waals surface area contributed by atoms with E-state index in [-0.39, 0.29) is 6.71 Å². The number of benzene rings is 9. The van der Waals surface area contributed by atoms with Crippen LogP contribution in [0.25, 0.3) is 65.7 Å². The van der Waals surface area contributed by atoms with Crippen LogP contribution >= 0.6 is 0 Å². The minimum absolute atomic E-state index is 0.0613. The second-order valence-electron chi connectivity index (χ2n) is 16.5. The van der Waals surface area contributed by atoms with E-state index in [4.69, 9.17) is 8.83 Å². The van der Waals surface area contributed by atoms with Gasteiger partial charge in [0.1, 0.15) is 22.7 Å². The molecule has 4 nitrogen and oxygen atoms in total. The highest BCUT2D eigenvalue weighted by atomic mass is 16.3. The van der Waals surface area contributed by atoms with E-state index in [2.05, 4.69) is 198 Å². The van der Waals surface area contributed by atoms with Crippen molar-refractivity contribution in [1.82, 2.24) is 0 Å². The smallest absolute Gasteiger partial charge is 0.252 e. The molecule has 0 N–H and O–H groups in total. The highest BCUT2D eigenvalue weighted by Crippen LogP contribution is 2.52. The highest BCUT2D eigenvalue weighted by Gasteiger charge is 2.45. The van der Waals surface area contributed by atoms with Crippen LogP contribution in [-0.4, -0.2) is 6.71 Å². The van der Waals surface area contributed by atoms with E-state index in [1.165, 1.54) is 49.3 Å². The third-order valence-corrected chi connectivity index (χ3v) is 12.9. The molecule has 2 aromatic heterocycles. The topological polar surface area (TPSA) is 32.8 Å². The first kappa shape index (κ1) is 34.1. The summed E-state index contributed by atoms with van der Waals surface area (Å²) in [5.74, 6) is 1.77. The molecule has 5 heteroatoms. The van der Waals surface area contributed by atoms with Gasteiger partial charge in [-0.1, -0.05) is 127 Å². The Balaban J connectivity index is 1.20. The summed E-state index contributed by atoms with van der Waals surface area (Å²) in [4.78, 5) is 5.09. The van der Waals surface area contributed by atoms with Crippen molar-refractivity contribution < 1.29 is 8.83 Å². The van der Waals surface area contributed by atoms with Crippen molar-refractivity contribution in [3.8, 4) is 22.3 Å². The maximum Gasteiger partial charge on any atom is 0.252 e. The summed E-state index contributed by atoms with van der Waals surface area (Å²) in [5, 5.41) is 7.01. The molecule has 2 aliphatic heterocycles. The lowest BCUT2D eigenvalue weighted by Gasteiger charge is -2.45. The number of aryl methyl sites for hydroxylation is 2. The molecule has 286 valence electrons. The zero-order valence-corrected chi connectivity index (χ0v) is 33.7. The van der Waals surface area contributed by atoms with Crippen molar-refractivity contribution in [2.45, 2.75) is 13.8 Å². The lowest BCUT2D eigenvalue weighted by molar-refractivity contribution is 0.578. The average molecular weight is 781 g/mol. The number of hydrogen-bond acceptors (Lipinski definition) is 4. The van der Waals surface area contributed by atoms with Crippen molar-refractivity contribution in [1.29, 1.82) is 0 Å². The van der Waals surface area contributed by atoms with Gasteiger partial charge in [-0.05, 0) is 124 Å². The molecule has 0 saturated heterocycles. The third kappa shape index (κ3) is 5.01. The minimum Gasteiger partial charge on any atom is -0.461 e. The zero-order chi connectivity index (χ0) is 40.3. The van der Waals surface area contributed by atoms with Crippen LogP contribution in [0, 0.1) is 13.8 Å². The molecule has 4 heterocycles. The van der Waals surface area contributed by atoms with Crippen molar-refractivity contribution >= 4 is 101 Å². The van der Waals surface area contributed by atoms with Gasteiger partial charge in [-0.3, -0.25) is 0 Å². The van der Waals surface area contributed by atoms with E-state index < -0.39 is 0 Å². The minimum atomic E-state index is -0.0613. The molecule has 0 radical (unpaired) electrons. The Morgan fingerprint density at radius 3 is 1.23 bits per heavy atom. The average Bonchev–Trinajstić information content (AvgIpc) is 3.89. The third-order valence-electron chi connectivity index (χ3n) is 12.9. The second kappa shape index (κ2) is 12.9. The first-order chi connectivity index (χ1) is 30.1. The summed E-state index contributed by atoms with van der Waals surface area (Å²) in [6.45, 7) is 4.03. The Morgan fingerprint density at radius 2 is 0.787 bits per heavy atom. The number of rotatable bonds is 4. The van der Waals surface area contributed by atoms with Crippen LogP contribution in [-0.2, 0) is 0 Å². The maximum absolute atomic E-state index is 6.43. The van der Waals surface area contributed by atoms with E-state index in [1.54, 1.807) is 0 Å². The summed E-state index contributed by atoms with van der Waals surface area (Å²) >= 11 is 0. The van der Waals surface area contributed by atoms with Crippen molar-refractivity contribution in [3.63, 3.8) is 0 Å². The molecular weight excluding hydrogens is 743 g/mol. The number of nitrogens with zero attached hydrogens (tertiary/aromatic N) is 2. The molecule has 0 atom stereocenters. The fourth-order valence-corrected chi connectivity index (χ4v) is 10.4. The van der Waals surface area contributed by atoms with Crippen LogP contribution in [0.2, 0.25) is 0 Å². The Kier molecular flexibility index (Phi) is 7.20. The zero-order valence-electron chi connectivity index (χ0n) is 33.7. The van der Waals surface area contributed by atoms with Crippen LogP contribution in [0.4, 0.5) is 34.1 Å². The fraction of sp³-hybridized carbons (Fsp3) is 0.0357. The van der Waals surface area contributed by atoms with E-state index in [1.807, 2.05) is 13.8 Å². The second-order valence-corrected chi connectivity index (χ2v) is 16.5. The molecule has 9 aromatic carbocycles. The molecule has 11 aromatic rings. The van der Waals surface area contributed by atoms with Gasteiger partial charge in [0.2, 0.25) is 0 Å². The summed E-state index contributed by atoms with van der Waals surface area (Å²) in [7, 11) is 0. The Morgan fingerprint density at radius 1 is 0.377 bits per heavy atom. The molecule has 61 heavy (non-hydrogen) atoms. The summed E-state index contributed by atoms with van der Waals surface area (Å²) in [5.41, 5.74) is 17.0. The predicted molar refractivity (Wildman–Crippen MR) is 255 cm³/mol. The van der Waals surface area contributed by atoms with Crippen LogP contribution in [0.5, 0.6) is 0 Å². The molecule has 2 aliphatic rings. The van der Waals surface area contributed by atoms with Crippen molar-refractivity contribution in [3.05, 3.63) is 200 Å². The van der Waals surface area contributed by atoms with E-state index >= 15 is 0 Å². The van der Waals surface area contributed by atoms with Gasteiger partial charge in [0.15, 0.2) is 0 Å². The van der Waals surface area contributed by atoms with Gasteiger partial charge in [-0.2, -0.15) is 0 Å². The van der Waals surface area contributed by atoms with Crippen molar-refractivity contribution in [2.75, 3.05) is 9.80 Å². The molecule has 0 spiro atoms. The van der Waals surface area contributed by atoms with Gasteiger partial charge < -0.3 is 18.6 Å². The summed E-state index contributed by atoms with van der Waals surface area (Å²) in [6.07, 6.45) is 0. The number of hydrogen-bond donors (Lipinski definition) is 0. The molecule has 0 aliphatic carbocycles. The molecule has 13 rings (SSSR count). The standard InChI is InChI=1S/C56H37BN2O2/c1-34-28-44-52(60-34)26-24-42(36-14-5-3-6-15-36)55(44)58-48-22-13-23-49-54(48)57(46-30-38-18-9-11-20-40(38)32-50(46)58)47-31-39-19-10-12-21-41(39)33-51(47)59(49)56-43(37-16-7-4-8-17-37)25-27-53-45(56)29-35(2)61-53/h3-33H,1-2H3. The van der Waals surface area contributed by atoms with Gasteiger partial charge >= 0.3 is 0 Å². The van der Waals surface area contributed by atoms with Gasteiger partial charge in [0, 0.05) is 44.6 Å². The first-order valence-electron chi connectivity index (χ1n) is 21.0. The molecule has 0 fully saturated rings. The van der Waals surface area contributed by atoms with Crippen LogP contribution in [0.15, 0.2) is 197 Å². The fourth-order valence-electron chi connectivity index (χ4n) is 10.4. The monoisotopic (exact) mass is 780 g/mol. The van der Waals surface area contributed by atoms with Crippen LogP contribution in [0.3, 0.4) is 0 Å².